The Kier molecular flexibility index (Phi) is 3.78. The molecule has 5 heteroatoms. The molecule has 4 N–H and O–H groups in total. The summed E-state index contributed by atoms with van der Waals surface area (Å²) in [5.74, 6) is 0. The first-order chi connectivity index (χ1) is 10.6. The maximum Gasteiger partial charge on any atom is 0.120 e. The molecule has 0 amide bonds. The predicted molar refractivity (Wildman–Crippen MR) is 90.4 cm³/mol. The molecular weight excluding hydrogens is 274 g/mol. The number of nitrogens with zero attached hydrogens (tertiary/aromatic N) is 2. The molecule has 0 saturated carbocycles. The van der Waals surface area contributed by atoms with E-state index in [0.717, 1.165) is 33.9 Å². The summed E-state index contributed by atoms with van der Waals surface area (Å²) >= 11 is 0. The Balaban J connectivity index is 2.04. The van der Waals surface area contributed by atoms with E-state index in [2.05, 4.69) is 34.6 Å². The highest BCUT2D eigenvalue weighted by molar-refractivity contribution is 5.82. The maximum absolute atomic E-state index is 6.03. The fourth-order valence-electron chi connectivity index (χ4n) is 2.37. The first kappa shape index (κ1) is 14.1. The number of nitrogens with two attached hydrogens (primary N) is 1. The maximum atomic E-state index is 6.03. The summed E-state index contributed by atoms with van der Waals surface area (Å²) in [6.45, 7) is 4.16. The molecule has 0 spiro atoms. The molecular formula is C17H19N5. The van der Waals surface area contributed by atoms with Crippen LogP contribution in [0.3, 0.4) is 0 Å². The van der Waals surface area contributed by atoms with Crippen LogP contribution in [0.25, 0.3) is 22.5 Å². The molecule has 5 nitrogen and oxygen atoms in total. The van der Waals surface area contributed by atoms with Gasteiger partial charge in [0.05, 0.1) is 11.4 Å². The Morgan fingerprint density at radius 3 is 2.32 bits per heavy atom. The highest BCUT2D eigenvalue weighted by atomic mass is 15.3. The van der Waals surface area contributed by atoms with Crippen molar-refractivity contribution in [3.63, 3.8) is 0 Å². The van der Waals surface area contributed by atoms with Crippen LogP contribution in [0.4, 0.5) is 11.4 Å². The van der Waals surface area contributed by atoms with Gasteiger partial charge >= 0.3 is 0 Å². The first-order valence-electron chi connectivity index (χ1n) is 7.28. The second kappa shape index (κ2) is 5.89. The molecule has 0 aliphatic rings. The third-order valence-electron chi connectivity index (χ3n) is 3.37. The second-order valence-corrected chi connectivity index (χ2v) is 5.49. The lowest BCUT2D eigenvalue weighted by Gasteiger charge is -2.13. The van der Waals surface area contributed by atoms with E-state index < -0.39 is 0 Å². The topological polar surface area (TPSA) is 79.6 Å². The van der Waals surface area contributed by atoms with Crippen LogP contribution in [0.1, 0.15) is 13.8 Å². The fourth-order valence-corrected chi connectivity index (χ4v) is 2.37. The van der Waals surface area contributed by atoms with Crippen LogP contribution in [0.2, 0.25) is 0 Å². The fraction of sp³-hybridized carbons (Fsp3) is 0.176. The van der Waals surface area contributed by atoms with Crippen molar-refractivity contribution in [3.8, 4) is 22.5 Å². The van der Waals surface area contributed by atoms with Crippen LogP contribution in [0.15, 0.2) is 48.5 Å². The number of aromatic nitrogens is 3. The van der Waals surface area contributed by atoms with Crippen LogP contribution in [-0.4, -0.2) is 21.5 Å². The number of hydrogen-bond donors (Lipinski definition) is 3. The van der Waals surface area contributed by atoms with Gasteiger partial charge in [-0.05, 0) is 26.0 Å². The monoisotopic (exact) mass is 293 g/mol. The summed E-state index contributed by atoms with van der Waals surface area (Å²) in [4.78, 5) is 0. The lowest BCUT2D eigenvalue weighted by atomic mass is 10.0. The van der Waals surface area contributed by atoms with Crippen LogP contribution in [0, 0.1) is 0 Å². The Labute approximate surface area is 129 Å². The van der Waals surface area contributed by atoms with Gasteiger partial charge in [0.15, 0.2) is 0 Å². The molecule has 1 heterocycles. The van der Waals surface area contributed by atoms with E-state index in [1.165, 1.54) is 0 Å². The molecule has 0 bridgehead atoms. The van der Waals surface area contributed by atoms with Crippen molar-refractivity contribution in [2.75, 3.05) is 11.1 Å². The van der Waals surface area contributed by atoms with Gasteiger partial charge in [-0.3, -0.25) is 0 Å². The van der Waals surface area contributed by atoms with E-state index in [1.807, 2.05) is 48.5 Å². The van der Waals surface area contributed by atoms with Gasteiger partial charge in [0.2, 0.25) is 0 Å². The van der Waals surface area contributed by atoms with Gasteiger partial charge in [-0.15, -0.1) is 0 Å². The smallest absolute Gasteiger partial charge is 0.120 e. The molecule has 0 aliphatic heterocycles. The number of H-pyrrole nitrogens is 1. The first-order valence-corrected chi connectivity index (χ1v) is 7.28. The summed E-state index contributed by atoms with van der Waals surface area (Å²) in [5, 5.41) is 14.7. The number of anilines is 2. The summed E-state index contributed by atoms with van der Waals surface area (Å²) in [6, 6.07) is 16.2. The Hall–Kier alpha value is -2.82. The van der Waals surface area contributed by atoms with Crippen molar-refractivity contribution in [2.24, 2.45) is 0 Å². The van der Waals surface area contributed by atoms with Gasteiger partial charge in [-0.25, -0.2) is 0 Å². The summed E-state index contributed by atoms with van der Waals surface area (Å²) in [7, 11) is 0. The minimum Gasteiger partial charge on any atom is -0.397 e. The molecule has 0 aliphatic carbocycles. The molecule has 0 atom stereocenters. The summed E-state index contributed by atoms with van der Waals surface area (Å²) in [6.07, 6.45) is 0. The molecule has 1 aromatic heterocycles. The van der Waals surface area contributed by atoms with Crippen molar-refractivity contribution in [1.82, 2.24) is 15.4 Å². The van der Waals surface area contributed by atoms with Crippen LogP contribution in [-0.2, 0) is 0 Å². The highest BCUT2D eigenvalue weighted by Crippen LogP contribution is 2.31. The minimum absolute atomic E-state index is 0.309. The number of nitrogen functional groups attached to an aromatic ring is 1. The van der Waals surface area contributed by atoms with Crippen LogP contribution >= 0.6 is 0 Å². The average molecular weight is 293 g/mol. The zero-order valence-corrected chi connectivity index (χ0v) is 12.7. The minimum atomic E-state index is 0.309. The lowest BCUT2D eigenvalue weighted by Crippen LogP contribution is -2.11. The lowest BCUT2D eigenvalue weighted by molar-refractivity contribution is 0.900. The van der Waals surface area contributed by atoms with Crippen LogP contribution in [0.5, 0.6) is 0 Å². The van der Waals surface area contributed by atoms with Gasteiger partial charge < -0.3 is 11.1 Å². The molecule has 2 aromatic carbocycles. The van der Waals surface area contributed by atoms with Gasteiger partial charge in [-0.2, -0.15) is 15.4 Å². The highest BCUT2D eigenvalue weighted by Gasteiger charge is 2.13. The predicted octanol–water partition coefficient (Wildman–Crippen LogP) is 3.54. The molecule has 22 heavy (non-hydrogen) atoms. The normalized spacial score (nSPS) is 10.9. The summed E-state index contributed by atoms with van der Waals surface area (Å²) < 4.78 is 0. The Bertz CT molecular complexity index is 762. The van der Waals surface area contributed by atoms with Crippen molar-refractivity contribution >= 4 is 11.4 Å². The average Bonchev–Trinajstić information content (AvgIpc) is 2.99. The van der Waals surface area contributed by atoms with E-state index in [0.29, 0.717) is 6.04 Å². The SMILES string of the molecule is CC(C)Nc1cc(-c2n[nH]nc2-c2ccccc2)ccc1N. The zero-order chi connectivity index (χ0) is 15.5. The molecule has 0 saturated heterocycles. The largest absolute Gasteiger partial charge is 0.397 e. The number of nitrogens with one attached hydrogen (secondary N) is 2. The molecule has 0 radical (unpaired) electrons. The number of hydrogen-bond acceptors (Lipinski definition) is 4. The van der Waals surface area contributed by atoms with Crippen molar-refractivity contribution in [3.05, 3.63) is 48.5 Å². The molecule has 112 valence electrons. The third kappa shape index (κ3) is 2.79. The third-order valence-corrected chi connectivity index (χ3v) is 3.37. The Morgan fingerprint density at radius 2 is 1.64 bits per heavy atom. The van der Waals surface area contributed by atoms with E-state index in [1.54, 1.807) is 0 Å². The van der Waals surface area contributed by atoms with Gasteiger partial charge in [0.1, 0.15) is 11.4 Å². The van der Waals surface area contributed by atoms with Gasteiger partial charge in [-0.1, -0.05) is 36.4 Å². The second-order valence-electron chi connectivity index (χ2n) is 5.49. The van der Waals surface area contributed by atoms with E-state index in [9.17, 15) is 0 Å². The van der Waals surface area contributed by atoms with E-state index in [4.69, 9.17) is 5.73 Å². The molecule has 0 fully saturated rings. The van der Waals surface area contributed by atoms with Crippen molar-refractivity contribution in [2.45, 2.75) is 19.9 Å². The molecule has 3 rings (SSSR count). The zero-order valence-electron chi connectivity index (χ0n) is 12.7. The number of benzene rings is 2. The quantitative estimate of drug-likeness (QED) is 0.643. The van der Waals surface area contributed by atoms with E-state index in [-0.39, 0.29) is 0 Å². The molecule has 0 unspecified atom stereocenters. The number of aromatic amines is 1. The number of rotatable bonds is 4. The van der Waals surface area contributed by atoms with Gasteiger partial charge in [0.25, 0.3) is 0 Å². The van der Waals surface area contributed by atoms with Crippen molar-refractivity contribution in [1.29, 1.82) is 0 Å². The standard InChI is InChI=1S/C17H19N5/c1-11(2)19-15-10-13(8-9-14(15)18)17-16(20-22-21-17)12-6-4-3-5-7-12/h3-11,19H,18H2,1-2H3,(H,20,21,22). The molecule has 3 aromatic rings. The van der Waals surface area contributed by atoms with Gasteiger partial charge in [0, 0.05) is 17.2 Å². The van der Waals surface area contributed by atoms with Crippen molar-refractivity contribution < 1.29 is 0 Å². The Morgan fingerprint density at radius 1 is 0.955 bits per heavy atom. The van der Waals surface area contributed by atoms with Crippen LogP contribution < -0.4 is 11.1 Å². The summed E-state index contributed by atoms with van der Waals surface area (Å²) in [5.41, 5.74) is 11.3. The van der Waals surface area contributed by atoms with E-state index >= 15 is 0 Å².